The van der Waals surface area contributed by atoms with Gasteiger partial charge in [-0.05, 0) is 32.4 Å². The molecule has 3 aliphatic heterocycles. The highest BCUT2D eigenvalue weighted by Crippen LogP contribution is 2.46. The van der Waals surface area contributed by atoms with Crippen LogP contribution in [0.4, 0.5) is 0 Å². The van der Waals surface area contributed by atoms with Gasteiger partial charge in [-0.2, -0.15) is 0 Å². The first kappa shape index (κ1) is 9.13. The standard InChI is InChI=1S/C11H20N2O/c12-4-1-5-13-6-8-9(7-13)11-3-2-10(8)14-11/h8-11H,1-7,12H2. The van der Waals surface area contributed by atoms with Gasteiger partial charge < -0.3 is 15.4 Å². The van der Waals surface area contributed by atoms with Crippen molar-refractivity contribution in [3.63, 3.8) is 0 Å². The second-order valence-electron chi connectivity index (χ2n) is 5.02. The topological polar surface area (TPSA) is 38.5 Å². The van der Waals surface area contributed by atoms with E-state index in [1.54, 1.807) is 0 Å². The molecule has 0 spiro atoms. The number of hydrogen-bond donors (Lipinski definition) is 1. The summed E-state index contributed by atoms with van der Waals surface area (Å²) in [4.78, 5) is 2.59. The van der Waals surface area contributed by atoms with Gasteiger partial charge in [0.1, 0.15) is 0 Å². The van der Waals surface area contributed by atoms with Gasteiger partial charge in [-0.3, -0.25) is 0 Å². The van der Waals surface area contributed by atoms with Crippen molar-refractivity contribution >= 4 is 0 Å². The summed E-state index contributed by atoms with van der Waals surface area (Å²) in [5.41, 5.74) is 5.54. The Bertz CT molecular complexity index is 203. The lowest BCUT2D eigenvalue weighted by Gasteiger charge is -2.18. The van der Waals surface area contributed by atoms with Crippen LogP contribution in [-0.4, -0.2) is 43.3 Å². The van der Waals surface area contributed by atoms with Crippen molar-refractivity contribution in [3.8, 4) is 0 Å². The zero-order chi connectivity index (χ0) is 9.54. The highest BCUT2D eigenvalue weighted by Gasteiger charge is 2.52. The van der Waals surface area contributed by atoms with E-state index in [2.05, 4.69) is 4.90 Å². The summed E-state index contributed by atoms with van der Waals surface area (Å²) < 4.78 is 5.94. The Balaban J connectivity index is 1.60. The molecule has 2 N–H and O–H groups in total. The molecule has 3 fully saturated rings. The van der Waals surface area contributed by atoms with Gasteiger partial charge in [-0.1, -0.05) is 0 Å². The molecule has 3 heterocycles. The number of hydrogen-bond acceptors (Lipinski definition) is 3. The quantitative estimate of drug-likeness (QED) is 0.712. The van der Waals surface area contributed by atoms with Crippen molar-refractivity contribution in [2.75, 3.05) is 26.2 Å². The molecule has 3 heteroatoms. The van der Waals surface area contributed by atoms with Crippen molar-refractivity contribution in [2.45, 2.75) is 31.5 Å². The molecule has 0 saturated carbocycles. The monoisotopic (exact) mass is 196 g/mol. The Morgan fingerprint density at radius 1 is 1.14 bits per heavy atom. The summed E-state index contributed by atoms with van der Waals surface area (Å²) in [6.45, 7) is 4.57. The van der Waals surface area contributed by atoms with E-state index < -0.39 is 0 Å². The molecule has 0 aromatic carbocycles. The van der Waals surface area contributed by atoms with Crippen LogP contribution in [0.15, 0.2) is 0 Å². The molecular weight excluding hydrogens is 176 g/mol. The van der Waals surface area contributed by atoms with Gasteiger partial charge in [0.15, 0.2) is 0 Å². The first-order valence-electron chi connectivity index (χ1n) is 5.96. The van der Waals surface area contributed by atoms with Gasteiger partial charge in [-0.15, -0.1) is 0 Å². The summed E-state index contributed by atoms with van der Waals surface area (Å²) in [6.07, 6.45) is 4.99. The minimum absolute atomic E-state index is 0.605. The molecular formula is C11H20N2O. The third-order valence-corrected chi connectivity index (χ3v) is 4.21. The van der Waals surface area contributed by atoms with Crippen LogP contribution in [0.5, 0.6) is 0 Å². The number of rotatable bonds is 3. The lowest BCUT2D eigenvalue weighted by molar-refractivity contribution is 0.0706. The summed E-state index contributed by atoms with van der Waals surface area (Å²) in [7, 11) is 0. The molecule has 0 aliphatic carbocycles. The number of nitrogens with two attached hydrogens (primary N) is 1. The summed E-state index contributed by atoms with van der Waals surface area (Å²) in [5, 5.41) is 0. The van der Waals surface area contributed by atoms with Crippen LogP contribution in [0.1, 0.15) is 19.3 Å². The van der Waals surface area contributed by atoms with Crippen LogP contribution in [0.25, 0.3) is 0 Å². The maximum Gasteiger partial charge on any atom is 0.0624 e. The predicted octanol–water partition coefficient (Wildman–Crippen LogP) is 0.444. The zero-order valence-electron chi connectivity index (χ0n) is 8.69. The highest BCUT2D eigenvalue weighted by molar-refractivity contribution is 5.02. The van der Waals surface area contributed by atoms with Crippen LogP contribution in [0.3, 0.4) is 0 Å². The average Bonchev–Trinajstić information content (AvgIpc) is 2.85. The Morgan fingerprint density at radius 3 is 2.36 bits per heavy atom. The normalized spacial score (nSPS) is 46.1. The summed E-state index contributed by atoms with van der Waals surface area (Å²) in [6, 6.07) is 0. The van der Waals surface area contributed by atoms with Crippen LogP contribution >= 0.6 is 0 Å². The van der Waals surface area contributed by atoms with Gasteiger partial charge in [-0.25, -0.2) is 0 Å². The third kappa shape index (κ3) is 1.30. The predicted molar refractivity (Wildman–Crippen MR) is 55.0 cm³/mol. The molecule has 0 aromatic rings. The molecule has 3 nitrogen and oxygen atoms in total. The lowest BCUT2D eigenvalue weighted by Crippen LogP contribution is -2.27. The Morgan fingerprint density at radius 2 is 1.79 bits per heavy atom. The second-order valence-corrected chi connectivity index (χ2v) is 5.02. The van der Waals surface area contributed by atoms with Gasteiger partial charge >= 0.3 is 0 Å². The molecule has 4 atom stereocenters. The van der Waals surface area contributed by atoms with Crippen molar-refractivity contribution in [3.05, 3.63) is 0 Å². The minimum Gasteiger partial charge on any atom is -0.374 e. The van der Waals surface area contributed by atoms with E-state index in [1.165, 1.54) is 32.5 Å². The molecule has 3 rings (SSSR count). The fourth-order valence-corrected chi connectivity index (χ4v) is 3.54. The van der Waals surface area contributed by atoms with Crippen LogP contribution in [-0.2, 0) is 4.74 Å². The fourth-order valence-electron chi connectivity index (χ4n) is 3.54. The second kappa shape index (κ2) is 3.47. The van der Waals surface area contributed by atoms with Crippen LogP contribution < -0.4 is 5.73 Å². The van der Waals surface area contributed by atoms with E-state index in [4.69, 9.17) is 10.5 Å². The summed E-state index contributed by atoms with van der Waals surface area (Å²) >= 11 is 0. The van der Waals surface area contributed by atoms with Gasteiger partial charge in [0.25, 0.3) is 0 Å². The fraction of sp³-hybridized carbons (Fsp3) is 1.00. The number of fused-ring (bicyclic) bond motifs is 5. The molecule has 80 valence electrons. The molecule has 3 aliphatic rings. The van der Waals surface area contributed by atoms with Gasteiger partial charge in [0.05, 0.1) is 12.2 Å². The van der Waals surface area contributed by atoms with Crippen molar-refractivity contribution in [1.29, 1.82) is 0 Å². The highest BCUT2D eigenvalue weighted by atomic mass is 16.5. The van der Waals surface area contributed by atoms with Gasteiger partial charge in [0, 0.05) is 24.9 Å². The smallest absolute Gasteiger partial charge is 0.0624 e. The first-order chi connectivity index (χ1) is 6.88. The van der Waals surface area contributed by atoms with E-state index in [0.29, 0.717) is 12.2 Å². The Kier molecular flexibility index (Phi) is 2.26. The molecule has 14 heavy (non-hydrogen) atoms. The third-order valence-electron chi connectivity index (χ3n) is 4.21. The zero-order valence-corrected chi connectivity index (χ0v) is 8.69. The van der Waals surface area contributed by atoms with Crippen LogP contribution in [0.2, 0.25) is 0 Å². The molecule has 3 saturated heterocycles. The average molecular weight is 196 g/mol. The van der Waals surface area contributed by atoms with E-state index >= 15 is 0 Å². The maximum atomic E-state index is 5.94. The largest absolute Gasteiger partial charge is 0.374 e. The molecule has 4 unspecified atom stereocenters. The van der Waals surface area contributed by atoms with Crippen molar-refractivity contribution in [2.24, 2.45) is 17.6 Å². The first-order valence-corrected chi connectivity index (χ1v) is 5.96. The maximum absolute atomic E-state index is 5.94. The molecule has 0 amide bonds. The molecule has 2 bridgehead atoms. The van der Waals surface area contributed by atoms with E-state index in [9.17, 15) is 0 Å². The van der Waals surface area contributed by atoms with Gasteiger partial charge in [0.2, 0.25) is 0 Å². The Labute approximate surface area is 85.6 Å². The summed E-state index contributed by atoms with van der Waals surface area (Å²) in [5.74, 6) is 1.71. The van der Waals surface area contributed by atoms with E-state index in [-0.39, 0.29) is 0 Å². The lowest BCUT2D eigenvalue weighted by atomic mass is 9.82. The number of nitrogens with zero attached hydrogens (tertiary/aromatic N) is 1. The Hall–Kier alpha value is -0.120. The minimum atomic E-state index is 0.605. The molecule has 0 aromatic heterocycles. The number of likely N-dealkylation sites (tertiary alicyclic amines) is 1. The molecule has 0 radical (unpaired) electrons. The number of ether oxygens (including phenoxy) is 1. The van der Waals surface area contributed by atoms with E-state index in [1.807, 2.05) is 0 Å². The van der Waals surface area contributed by atoms with Crippen molar-refractivity contribution in [1.82, 2.24) is 4.90 Å². The van der Waals surface area contributed by atoms with Crippen molar-refractivity contribution < 1.29 is 4.74 Å². The van der Waals surface area contributed by atoms with Crippen LogP contribution in [0, 0.1) is 11.8 Å². The SMILES string of the molecule is NCCCN1CC2C3CCC(O3)C2C1. The van der Waals surface area contributed by atoms with E-state index in [0.717, 1.165) is 24.8 Å².